The number of rotatable bonds is 3. The first-order valence-electron chi connectivity index (χ1n) is 6.59. The van der Waals surface area contributed by atoms with Crippen LogP contribution in [-0.2, 0) is 17.8 Å². The molecule has 6 heteroatoms. The summed E-state index contributed by atoms with van der Waals surface area (Å²) in [5.41, 5.74) is 1.84. The van der Waals surface area contributed by atoms with Crippen LogP contribution in [0.1, 0.15) is 16.1 Å². The van der Waals surface area contributed by atoms with Gasteiger partial charge >= 0.3 is 0 Å². The van der Waals surface area contributed by atoms with Gasteiger partial charge in [0.1, 0.15) is 0 Å². The monoisotopic (exact) mass is 291 g/mol. The maximum Gasteiger partial charge on any atom is 0.255 e. The highest BCUT2D eigenvalue weighted by Gasteiger charge is 2.26. The van der Waals surface area contributed by atoms with Gasteiger partial charge in [-0.05, 0) is 17.5 Å². The van der Waals surface area contributed by atoms with Crippen molar-refractivity contribution in [3.05, 3.63) is 40.3 Å². The number of aromatic nitrogens is 2. The van der Waals surface area contributed by atoms with E-state index in [1.54, 1.807) is 24.6 Å². The number of fused-ring (bicyclic) bond motifs is 1. The zero-order valence-electron chi connectivity index (χ0n) is 11.4. The lowest BCUT2D eigenvalue weighted by atomic mass is 10.1. The molecule has 1 aliphatic rings. The molecule has 1 unspecified atom stereocenters. The van der Waals surface area contributed by atoms with Crippen molar-refractivity contribution >= 4 is 17.2 Å². The third-order valence-corrected chi connectivity index (χ3v) is 4.21. The van der Waals surface area contributed by atoms with Crippen LogP contribution in [0, 0.1) is 5.92 Å². The molecule has 0 N–H and O–H groups in total. The van der Waals surface area contributed by atoms with Crippen LogP contribution in [0.2, 0.25) is 0 Å². The Labute approximate surface area is 121 Å². The van der Waals surface area contributed by atoms with Crippen molar-refractivity contribution in [2.45, 2.75) is 13.1 Å². The van der Waals surface area contributed by atoms with Crippen LogP contribution in [0.15, 0.2) is 29.1 Å². The first-order valence-corrected chi connectivity index (χ1v) is 7.53. The van der Waals surface area contributed by atoms with Gasteiger partial charge in [-0.2, -0.15) is 16.4 Å². The summed E-state index contributed by atoms with van der Waals surface area (Å²) in [6.45, 7) is 2.73. The van der Waals surface area contributed by atoms with Gasteiger partial charge < -0.3 is 9.64 Å². The fraction of sp³-hybridized carbons (Fsp3) is 0.429. The number of carbonyl (C=O) groups is 1. The Morgan fingerprint density at radius 2 is 2.40 bits per heavy atom. The predicted molar refractivity (Wildman–Crippen MR) is 76.7 cm³/mol. The molecule has 0 saturated heterocycles. The van der Waals surface area contributed by atoms with Gasteiger partial charge in [-0.3, -0.25) is 9.48 Å². The Kier molecular flexibility index (Phi) is 3.84. The zero-order valence-corrected chi connectivity index (χ0v) is 12.2. The van der Waals surface area contributed by atoms with Crippen molar-refractivity contribution in [3.63, 3.8) is 0 Å². The fourth-order valence-corrected chi connectivity index (χ4v) is 3.23. The number of ether oxygens (including phenoxy) is 1. The molecule has 2 aromatic heterocycles. The molecule has 1 aliphatic heterocycles. The van der Waals surface area contributed by atoms with Crippen molar-refractivity contribution in [3.8, 4) is 0 Å². The number of hydrogen-bond acceptors (Lipinski definition) is 4. The molecule has 0 fully saturated rings. The van der Waals surface area contributed by atoms with E-state index in [9.17, 15) is 4.79 Å². The molecule has 1 amide bonds. The number of methoxy groups -OCH3 is 1. The average Bonchev–Trinajstić information content (AvgIpc) is 3.07. The molecule has 0 saturated carbocycles. The van der Waals surface area contributed by atoms with Crippen LogP contribution >= 0.6 is 11.3 Å². The van der Waals surface area contributed by atoms with E-state index in [4.69, 9.17) is 4.74 Å². The molecule has 3 heterocycles. The number of thiophene rings is 1. The van der Waals surface area contributed by atoms with E-state index in [-0.39, 0.29) is 11.8 Å². The molecule has 0 radical (unpaired) electrons. The van der Waals surface area contributed by atoms with Gasteiger partial charge in [0, 0.05) is 37.7 Å². The summed E-state index contributed by atoms with van der Waals surface area (Å²) in [5, 5.41) is 8.16. The van der Waals surface area contributed by atoms with E-state index in [1.807, 2.05) is 32.5 Å². The van der Waals surface area contributed by atoms with Gasteiger partial charge in [0.15, 0.2) is 0 Å². The minimum Gasteiger partial charge on any atom is -0.384 e. The molecule has 0 bridgehead atoms. The lowest BCUT2D eigenvalue weighted by Crippen LogP contribution is -2.35. The molecule has 1 atom stereocenters. The predicted octanol–water partition coefficient (Wildman–Crippen LogP) is 1.86. The van der Waals surface area contributed by atoms with Crippen molar-refractivity contribution in [2.24, 2.45) is 5.92 Å². The molecule has 2 aromatic rings. The third-order valence-electron chi connectivity index (χ3n) is 3.52. The van der Waals surface area contributed by atoms with E-state index >= 15 is 0 Å². The number of nitrogens with zero attached hydrogens (tertiary/aromatic N) is 3. The normalized spacial score (nSPS) is 18.6. The molecular weight excluding hydrogens is 274 g/mol. The van der Waals surface area contributed by atoms with E-state index in [2.05, 4.69) is 5.10 Å². The summed E-state index contributed by atoms with van der Waals surface area (Å²) in [4.78, 5) is 14.5. The van der Waals surface area contributed by atoms with Gasteiger partial charge in [0.05, 0.1) is 24.4 Å². The standard InChI is InChI=1S/C14H17N3O2S/c1-19-9-11-6-16(14(18)12-3-5-20-10-12)8-13-2-4-15-17(13)7-11/h2-5,10-11H,6-9H2,1H3. The Bertz CT molecular complexity index is 579. The van der Waals surface area contributed by atoms with E-state index < -0.39 is 0 Å². The molecular formula is C14H17N3O2S. The molecule has 0 spiro atoms. The third kappa shape index (κ3) is 2.62. The first kappa shape index (κ1) is 13.3. The quantitative estimate of drug-likeness (QED) is 0.867. The van der Waals surface area contributed by atoms with Gasteiger partial charge in [-0.1, -0.05) is 0 Å². The van der Waals surface area contributed by atoms with Gasteiger partial charge in [-0.15, -0.1) is 0 Å². The highest BCUT2D eigenvalue weighted by Crippen LogP contribution is 2.19. The van der Waals surface area contributed by atoms with Crippen molar-refractivity contribution in [2.75, 3.05) is 20.3 Å². The molecule has 106 valence electrons. The van der Waals surface area contributed by atoms with Crippen LogP contribution < -0.4 is 0 Å². The Balaban J connectivity index is 1.85. The molecule has 20 heavy (non-hydrogen) atoms. The van der Waals surface area contributed by atoms with Crippen LogP contribution in [0.5, 0.6) is 0 Å². The van der Waals surface area contributed by atoms with Crippen LogP contribution in [0.25, 0.3) is 0 Å². The second kappa shape index (κ2) is 5.76. The van der Waals surface area contributed by atoms with E-state index in [0.717, 1.165) is 17.8 Å². The summed E-state index contributed by atoms with van der Waals surface area (Å²) in [5.74, 6) is 0.353. The lowest BCUT2D eigenvalue weighted by molar-refractivity contribution is 0.0667. The summed E-state index contributed by atoms with van der Waals surface area (Å²) in [6, 6.07) is 3.85. The topological polar surface area (TPSA) is 47.4 Å². The highest BCUT2D eigenvalue weighted by molar-refractivity contribution is 7.08. The van der Waals surface area contributed by atoms with Crippen molar-refractivity contribution in [1.82, 2.24) is 14.7 Å². The van der Waals surface area contributed by atoms with Crippen molar-refractivity contribution in [1.29, 1.82) is 0 Å². The second-order valence-electron chi connectivity index (χ2n) is 5.02. The Hall–Kier alpha value is -1.66. The summed E-state index contributed by atoms with van der Waals surface area (Å²) < 4.78 is 7.25. The van der Waals surface area contributed by atoms with Crippen LogP contribution in [0.3, 0.4) is 0 Å². The minimum atomic E-state index is 0.0852. The van der Waals surface area contributed by atoms with Gasteiger partial charge in [-0.25, -0.2) is 0 Å². The van der Waals surface area contributed by atoms with E-state index in [0.29, 0.717) is 19.7 Å². The first-order chi connectivity index (χ1) is 9.78. The second-order valence-corrected chi connectivity index (χ2v) is 5.80. The zero-order chi connectivity index (χ0) is 13.9. The number of amides is 1. The maximum absolute atomic E-state index is 12.6. The maximum atomic E-state index is 12.6. The summed E-state index contributed by atoms with van der Waals surface area (Å²) >= 11 is 1.55. The average molecular weight is 291 g/mol. The largest absolute Gasteiger partial charge is 0.384 e. The molecule has 0 aromatic carbocycles. The minimum absolute atomic E-state index is 0.0852. The fourth-order valence-electron chi connectivity index (χ4n) is 2.60. The van der Waals surface area contributed by atoms with Crippen molar-refractivity contribution < 1.29 is 9.53 Å². The molecule has 0 aliphatic carbocycles. The molecule has 3 rings (SSSR count). The van der Waals surface area contributed by atoms with Gasteiger partial charge in [0.2, 0.25) is 0 Å². The smallest absolute Gasteiger partial charge is 0.255 e. The van der Waals surface area contributed by atoms with Crippen LogP contribution in [0.4, 0.5) is 0 Å². The van der Waals surface area contributed by atoms with E-state index in [1.165, 1.54) is 0 Å². The number of hydrogen-bond donors (Lipinski definition) is 0. The summed E-state index contributed by atoms with van der Waals surface area (Å²) in [7, 11) is 1.69. The number of carbonyl (C=O) groups excluding carboxylic acids is 1. The summed E-state index contributed by atoms with van der Waals surface area (Å²) in [6.07, 6.45) is 1.79. The Morgan fingerprint density at radius 3 is 3.15 bits per heavy atom. The van der Waals surface area contributed by atoms with Gasteiger partial charge in [0.25, 0.3) is 5.91 Å². The lowest BCUT2D eigenvalue weighted by Gasteiger charge is -2.23. The highest BCUT2D eigenvalue weighted by atomic mass is 32.1. The Morgan fingerprint density at radius 1 is 1.50 bits per heavy atom. The SMILES string of the molecule is COCC1CN(C(=O)c2ccsc2)Cc2ccnn2C1. The molecule has 5 nitrogen and oxygen atoms in total. The van der Waals surface area contributed by atoms with Crippen LogP contribution in [-0.4, -0.2) is 40.8 Å².